The average molecular weight is 282 g/mol. The zero-order valence-corrected chi connectivity index (χ0v) is 12.4. The van der Waals surface area contributed by atoms with E-state index in [1.807, 2.05) is 30.3 Å². The van der Waals surface area contributed by atoms with Crippen LogP contribution in [-0.4, -0.2) is 23.1 Å². The number of benzene rings is 2. The average Bonchev–Trinajstić information content (AvgIpc) is 2.91. The molecule has 1 aliphatic rings. The highest BCUT2D eigenvalue weighted by atomic mass is 32.1. The fraction of sp³-hybridized carbons (Fsp3) is 0.235. The van der Waals surface area contributed by atoms with Gasteiger partial charge in [0.05, 0.1) is 0 Å². The Kier molecular flexibility index (Phi) is 3.70. The second-order valence-electron chi connectivity index (χ2n) is 5.24. The lowest BCUT2D eigenvalue weighted by Gasteiger charge is -2.27. The molecule has 0 atom stereocenters. The van der Waals surface area contributed by atoms with Gasteiger partial charge in [-0.1, -0.05) is 42.5 Å². The maximum Gasteiger partial charge on any atom is 0.173 e. The Morgan fingerprint density at radius 1 is 1.00 bits per heavy atom. The summed E-state index contributed by atoms with van der Waals surface area (Å²) in [4.78, 5) is 2.18. The minimum Gasteiger partial charge on any atom is -0.348 e. The molecule has 0 aliphatic heterocycles. The minimum atomic E-state index is 0.455. The van der Waals surface area contributed by atoms with Gasteiger partial charge < -0.3 is 10.2 Å². The molecule has 0 unspecified atom stereocenters. The van der Waals surface area contributed by atoms with Crippen molar-refractivity contribution in [1.29, 1.82) is 0 Å². The zero-order valence-electron chi connectivity index (χ0n) is 11.5. The molecule has 20 heavy (non-hydrogen) atoms. The molecule has 0 bridgehead atoms. The normalized spacial score (nSPS) is 13.8. The highest BCUT2D eigenvalue weighted by Gasteiger charge is 2.25. The summed E-state index contributed by atoms with van der Waals surface area (Å²) in [5.74, 6) is 0. The highest BCUT2D eigenvalue weighted by Crippen LogP contribution is 2.25. The molecule has 0 radical (unpaired) electrons. The molecule has 102 valence electrons. The van der Waals surface area contributed by atoms with Crippen LogP contribution < -0.4 is 5.32 Å². The first-order valence-corrected chi connectivity index (χ1v) is 7.30. The molecule has 0 spiro atoms. The predicted molar refractivity (Wildman–Crippen MR) is 88.1 cm³/mol. The van der Waals surface area contributed by atoms with Crippen LogP contribution in [-0.2, 0) is 12.8 Å². The molecular formula is C17H18N2S. The van der Waals surface area contributed by atoms with Crippen LogP contribution in [0.2, 0.25) is 0 Å². The van der Waals surface area contributed by atoms with Gasteiger partial charge >= 0.3 is 0 Å². The quantitative estimate of drug-likeness (QED) is 0.849. The van der Waals surface area contributed by atoms with E-state index in [1.54, 1.807) is 0 Å². The first-order valence-electron chi connectivity index (χ1n) is 6.89. The SMILES string of the molecule is CN(C(=S)Nc1ccccc1)C1Cc2ccccc2C1. The Morgan fingerprint density at radius 3 is 2.15 bits per heavy atom. The Labute approximate surface area is 125 Å². The summed E-state index contributed by atoms with van der Waals surface area (Å²) < 4.78 is 0. The lowest BCUT2D eigenvalue weighted by molar-refractivity contribution is 0.383. The number of nitrogens with one attached hydrogen (secondary N) is 1. The number of rotatable bonds is 2. The number of nitrogens with zero attached hydrogens (tertiary/aromatic N) is 1. The number of hydrogen-bond donors (Lipinski definition) is 1. The molecule has 2 aromatic rings. The van der Waals surface area contributed by atoms with Gasteiger partial charge in [-0.15, -0.1) is 0 Å². The van der Waals surface area contributed by atoms with Crippen molar-refractivity contribution in [2.75, 3.05) is 12.4 Å². The van der Waals surface area contributed by atoms with E-state index in [9.17, 15) is 0 Å². The number of anilines is 1. The zero-order chi connectivity index (χ0) is 13.9. The van der Waals surface area contributed by atoms with Crippen molar-refractivity contribution in [2.45, 2.75) is 18.9 Å². The number of fused-ring (bicyclic) bond motifs is 1. The van der Waals surface area contributed by atoms with Crippen molar-refractivity contribution < 1.29 is 0 Å². The first kappa shape index (κ1) is 13.1. The monoisotopic (exact) mass is 282 g/mol. The van der Waals surface area contributed by atoms with Gasteiger partial charge in [0.25, 0.3) is 0 Å². The molecule has 0 amide bonds. The number of thiocarbonyl (C=S) groups is 1. The first-order chi connectivity index (χ1) is 9.74. The van der Waals surface area contributed by atoms with E-state index in [4.69, 9.17) is 12.2 Å². The Morgan fingerprint density at radius 2 is 1.55 bits per heavy atom. The molecular weight excluding hydrogens is 264 g/mol. The molecule has 0 heterocycles. The molecule has 1 aliphatic carbocycles. The van der Waals surface area contributed by atoms with E-state index >= 15 is 0 Å². The molecule has 3 rings (SSSR count). The van der Waals surface area contributed by atoms with E-state index in [-0.39, 0.29) is 0 Å². The van der Waals surface area contributed by atoms with Crippen LogP contribution in [0.25, 0.3) is 0 Å². The van der Waals surface area contributed by atoms with E-state index in [1.165, 1.54) is 11.1 Å². The van der Waals surface area contributed by atoms with Gasteiger partial charge in [-0.25, -0.2) is 0 Å². The van der Waals surface area contributed by atoms with Gasteiger partial charge in [-0.05, 0) is 48.3 Å². The van der Waals surface area contributed by atoms with Gasteiger partial charge in [-0.3, -0.25) is 0 Å². The number of hydrogen-bond acceptors (Lipinski definition) is 1. The molecule has 2 nitrogen and oxygen atoms in total. The highest BCUT2D eigenvalue weighted by molar-refractivity contribution is 7.80. The standard InChI is InChI=1S/C17H18N2S/c1-19(17(20)18-15-9-3-2-4-10-15)16-11-13-7-5-6-8-14(13)12-16/h2-10,16H,11-12H2,1H3,(H,18,20). The molecule has 0 saturated heterocycles. The smallest absolute Gasteiger partial charge is 0.173 e. The largest absolute Gasteiger partial charge is 0.348 e. The molecule has 3 heteroatoms. The van der Waals surface area contributed by atoms with Crippen LogP contribution in [0.3, 0.4) is 0 Å². The molecule has 0 aromatic heterocycles. The van der Waals surface area contributed by atoms with Crippen molar-refractivity contribution in [3.8, 4) is 0 Å². The summed E-state index contributed by atoms with van der Waals surface area (Å²) in [6, 6.07) is 19.2. The topological polar surface area (TPSA) is 15.3 Å². The maximum absolute atomic E-state index is 5.52. The minimum absolute atomic E-state index is 0.455. The van der Waals surface area contributed by atoms with Crippen molar-refractivity contribution >= 4 is 23.0 Å². The van der Waals surface area contributed by atoms with Gasteiger partial charge in [0.2, 0.25) is 0 Å². The van der Waals surface area contributed by atoms with Crippen molar-refractivity contribution in [1.82, 2.24) is 4.90 Å². The van der Waals surface area contributed by atoms with E-state index in [0.29, 0.717) is 6.04 Å². The summed E-state index contributed by atoms with van der Waals surface area (Å²) in [7, 11) is 2.08. The molecule has 2 aromatic carbocycles. The summed E-state index contributed by atoms with van der Waals surface area (Å²) in [5.41, 5.74) is 3.94. The Bertz CT molecular complexity index is 584. The molecule has 1 N–H and O–H groups in total. The van der Waals surface area contributed by atoms with Crippen LogP contribution >= 0.6 is 12.2 Å². The van der Waals surface area contributed by atoms with Crippen LogP contribution in [0.4, 0.5) is 5.69 Å². The fourth-order valence-corrected chi connectivity index (χ4v) is 2.98. The summed E-state index contributed by atoms with van der Waals surface area (Å²) in [6.45, 7) is 0. The summed E-state index contributed by atoms with van der Waals surface area (Å²) >= 11 is 5.52. The lowest BCUT2D eigenvalue weighted by Crippen LogP contribution is -2.40. The van der Waals surface area contributed by atoms with Crippen molar-refractivity contribution in [3.63, 3.8) is 0 Å². The van der Waals surface area contributed by atoms with Crippen LogP contribution in [0.5, 0.6) is 0 Å². The third kappa shape index (κ3) is 2.68. The molecule has 0 fully saturated rings. The number of para-hydroxylation sites is 1. The predicted octanol–water partition coefficient (Wildman–Crippen LogP) is 3.48. The fourth-order valence-electron chi connectivity index (χ4n) is 2.71. The van der Waals surface area contributed by atoms with E-state index in [2.05, 4.69) is 41.5 Å². The van der Waals surface area contributed by atoms with Crippen molar-refractivity contribution in [3.05, 3.63) is 65.7 Å². The Hall–Kier alpha value is -1.87. The van der Waals surface area contributed by atoms with Crippen molar-refractivity contribution in [2.24, 2.45) is 0 Å². The third-order valence-corrected chi connectivity index (χ3v) is 4.31. The van der Waals surface area contributed by atoms with Gasteiger partial charge in [0.1, 0.15) is 0 Å². The van der Waals surface area contributed by atoms with Crippen LogP contribution in [0, 0.1) is 0 Å². The maximum atomic E-state index is 5.52. The van der Waals surface area contributed by atoms with Crippen LogP contribution in [0.1, 0.15) is 11.1 Å². The number of likely N-dealkylation sites (N-methyl/N-ethyl adjacent to an activating group) is 1. The third-order valence-electron chi connectivity index (χ3n) is 3.92. The molecule has 0 saturated carbocycles. The van der Waals surface area contributed by atoms with Gasteiger partial charge in [0, 0.05) is 18.8 Å². The van der Waals surface area contributed by atoms with Gasteiger partial charge in [-0.2, -0.15) is 0 Å². The van der Waals surface area contributed by atoms with Gasteiger partial charge in [0.15, 0.2) is 5.11 Å². The second-order valence-corrected chi connectivity index (χ2v) is 5.62. The van der Waals surface area contributed by atoms with E-state index in [0.717, 1.165) is 23.6 Å². The summed E-state index contributed by atoms with van der Waals surface area (Å²) in [6.07, 6.45) is 2.15. The lowest BCUT2D eigenvalue weighted by atomic mass is 10.1. The van der Waals surface area contributed by atoms with E-state index < -0.39 is 0 Å². The summed E-state index contributed by atoms with van der Waals surface area (Å²) in [5, 5.41) is 4.09. The second kappa shape index (κ2) is 5.63. The van der Waals surface area contributed by atoms with Crippen LogP contribution in [0.15, 0.2) is 54.6 Å². The Balaban J connectivity index is 1.66.